The summed E-state index contributed by atoms with van der Waals surface area (Å²) < 4.78 is 24.1. The second kappa shape index (κ2) is 13.7. The lowest BCUT2D eigenvalue weighted by Crippen LogP contribution is -2.61. The number of aliphatic hydroxyl groups excluding tert-OH is 2. The van der Waals surface area contributed by atoms with E-state index in [1.807, 2.05) is 133 Å². The van der Waals surface area contributed by atoms with Crippen LogP contribution in [0.1, 0.15) is 22.3 Å². The number of aliphatic hydroxyl groups is 2. The summed E-state index contributed by atoms with van der Waals surface area (Å²) in [7, 11) is 1.39. The van der Waals surface area contributed by atoms with Crippen molar-refractivity contribution in [1.82, 2.24) is 0 Å². The number of carbonyl (C=O) groups excluding carboxylic acids is 1. The fourth-order valence-electron chi connectivity index (χ4n) is 6.15. The second-order valence-electron chi connectivity index (χ2n) is 11.1. The van der Waals surface area contributed by atoms with Crippen LogP contribution in [0.3, 0.4) is 0 Å². The summed E-state index contributed by atoms with van der Waals surface area (Å²) in [4.78, 5) is 13.2. The molecule has 1 aliphatic rings. The highest BCUT2D eigenvalue weighted by Gasteiger charge is 2.48. The van der Waals surface area contributed by atoms with Crippen LogP contribution in [-0.4, -0.2) is 60.6 Å². The van der Waals surface area contributed by atoms with Crippen LogP contribution in [-0.2, 0) is 35.8 Å². The van der Waals surface area contributed by atoms with Gasteiger partial charge >= 0.3 is 5.97 Å². The monoisotopic (exact) mass is 604 g/mol. The first kappa shape index (κ1) is 30.6. The summed E-state index contributed by atoms with van der Waals surface area (Å²) in [5, 5.41) is 24.5. The van der Waals surface area contributed by atoms with E-state index in [9.17, 15) is 15.0 Å². The van der Waals surface area contributed by atoms with Crippen LogP contribution in [0.25, 0.3) is 10.8 Å². The quantitative estimate of drug-likeness (QED) is 0.163. The molecule has 0 bridgehead atoms. The molecule has 0 radical (unpaired) electrons. The van der Waals surface area contributed by atoms with Gasteiger partial charge in [-0.1, -0.05) is 133 Å². The van der Waals surface area contributed by atoms with E-state index >= 15 is 0 Å². The van der Waals surface area contributed by atoms with Gasteiger partial charge in [0.2, 0.25) is 0 Å². The fraction of sp³-hybridized carbons (Fsp3) is 0.237. The first-order valence-electron chi connectivity index (χ1n) is 15.0. The first-order chi connectivity index (χ1) is 22.0. The molecule has 0 aliphatic carbocycles. The molecule has 1 aliphatic heterocycles. The summed E-state index contributed by atoms with van der Waals surface area (Å²) in [6.07, 6.45) is -6.31. The third-order valence-electron chi connectivity index (χ3n) is 8.36. The van der Waals surface area contributed by atoms with Crippen molar-refractivity contribution in [3.05, 3.63) is 156 Å². The molecule has 0 unspecified atom stereocenters. The minimum absolute atomic E-state index is 0.0316. The van der Waals surface area contributed by atoms with Crippen LogP contribution in [0.15, 0.2) is 133 Å². The first-order valence-corrected chi connectivity index (χ1v) is 15.0. The van der Waals surface area contributed by atoms with E-state index in [2.05, 4.69) is 0 Å². The fourth-order valence-corrected chi connectivity index (χ4v) is 6.15. The lowest BCUT2D eigenvalue weighted by Gasteiger charge is -2.43. The zero-order valence-electron chi connectivity index (χ0n) is 24.9. The lowest BCUT2D eigenvalue weighted by atomic mass is 9.80. The topological polar surface area (TPSA) is 94.5 Å². The molecule has 5 aromatic carbocycles. The van der Waals surface area contributed by atoms with Crippen molar-refractivity contribution >= 4 is 16.7 Å². The molecule has 0 saturated carbocycles. The summed E-state index contributed by atoms with van der Waals surface area (Å²) in [5.41, 5.74) is 2.37. The Hall–Kier alpha value is -4.37. The number of fused-ring (bicyclic) bond motifs is 1. The molecule has 0 aromatic heterocycles. The minimum atomic E-state index is -1.42. The van der Waals surface area contributed by atoms with Gasteiger partial charge in [-0.3, -0.25) is 4.79 Å². The predicted octanol–water partition coefficient (Wildman–Crippen LogP) is 5.40. The van der Waals surface area contributed by atoms with Gasteiger partial charge in [-0.05, 0) is 33.0 Å². The maximum Gasteiger partial charge on any atom is 0.310 e. The molecular formula is C38H36O7. The van der Waals surface area contributed by atoms with E-state index in [-0.39, 0.29) is 13.0 Å². The van der Waals surface area contributed by atoms with Crippen molar-refractivity contribution in [1.29, 1.82) is 0 Å². The Morgan fingerprint density at radius 2 is 1.24 bits per heavy atom. The molecule has 230 valence electrons. The number of methoxy groups -OCH3 is 1. The average Bonchev–Trinajstić information content (AvgIpc) is 3.09. The number of esters is 1. The highest BCUT2D eigenvalue weighted by molar-refractivity contribution is 5.89. The molecule has 6 rings (SSSR count). The Bertz CT molecular complexity index is 1590. The van der Waals surface area contributed by atoms with E-state index in [4.69, 9.17) is 18.9 Å². The SMILES string of the molecule is CO[C@H]1O[C@H](COC(c2ccccc2)(c2ccccc2)c2ccccc2)[C@@H](O)[C@H](OC(=O)Cc2cccc3ccccc23)[C@H]1O. The smallest absolute Gasteiger partial charge is 0.310 e. The predicted molar refractivity (Wildman–Crippen MR) is 170 cm³/mol. The molecular weight excluding hydrogens is 568 g/mol. The summed E-state index contributed by atoms with van der Waals surface area (Å²) in [5.74, 6) is -0.585. The zero-order chi connectivity index (χ0) is 31.2. The second-order valence-corrected chi connectivity index (χ2v) is 11.1. The van der Waals surface area contributed by atoms with Gasteiger partial charge in [0.1, 0.15) is 23.9 Å². The van der Waals surface area contributed by atoms with Gasteiger partial charge in [0.05, 0.1) is 13.0 Å². The molecule has 5 atom stereocenters. The Kier molecular flexibility index (Phi) is 9.35. The van der Waals surface area contributed by atoms with E-state index in [0.29, 0.717) is 0 Å². The van der Waals surface area contributed by atoms with Crippen molar-refractivity contribution in [3.63, 3.8) is 0 Å². The zero-order valence-corrected chi connectivity index (χ0v) is 24.9. The summed E-state index contributed by atoms with van der Waals surface area (Å²) in [6.45, 7) is -0.107. The number of ether oxygens (including phenoxy) is 4. The maximum absolute atomic E-state index is 13.2. The molecule has 7 nitrogen and oxygen atoms in total. The molecule has 7 heteroatoms. The standard InChI is InChI=1S/C38H36O7/c1-42-37-35(41)36(45-33(39)24-27-16-13-15-26-14-11-12-23-31(26)27)34(40)32(44-37)25-43-38(28-17-5-2-6-18-28,29-19-7-3-8-20-29)30-21-9-4-10-22-30/h2-23,32,34-37,40-41H,24-25H2,1H3/t32-,34-,35-,36+,37+/m1/s1. The minimum Gasteiger partial charge on any atom is -0.456 e. The number of carbonyl (C=O) groups is 1. The third-order valence-corrected chi connectivity index (χ3v) is 8.36. The number of rotatable bonds is 10. The van der Waals surface area contributed by atoms with E-state index < -0.39 is 42.3 Å². The van der Waals surface area contributed by atoms with Crippen LogP contribution < -0.4 is 0 Å². The third kappa shape index (κ3) is 6.27. The lowest BCUT2D eigenvalue weighted by molar-refractivity contribution is -0.301. The Labute approximate surface area is 262 Å². The van der Waals surface area contributed by atoms with Gasteiger partial charge in [0.15, 0.2) is 12.4 Å². The van der Waals surface area contributed by atoms with Gasteiger partial charge < -0.3 is 29.2 Å². The normalized spacial score (nSPS) is 21.8. The van der Waals surface area contributed by atoms with Crippen LogP contribution in [0, 0.1) is 0 Å². The van der Waals surface area contributed by atoms with E-state index in [0.717, 1.165) is 33.0 Å². The average molecular weight is 605 g/mol. The molecule has 0 spiro atoms. The molecule has 45 heavy (non-hydrogen) atoms. The number of benzene rings is 5. The van der Waals surface area contributed by atoms with Crippen LogP contribution in [0.2, 0.25) is 0 Å². The van der Waals surface area contributed by atoms with E-state index in [1.165, 1.54) is 7.11 Å². The Balaban J connectivity index is 1.28. The highest BCUT2D eigenvalue weighted by atomic mass is 16.7. The van der Waals surface area contributed by atoms with Crippen molar-refractivity contribution < 1.29 is 34.0 Å². The number of hydrogen-bond acceptors (Lipinski definition) is 7. The maximum atomic E-state index is 13.2. The van der Waals surface area contributed by atoms with Gasteiger partial charge in [-0.25, -0.2) is 0 Å². The van der Waals surface area contributed by atoms with Crippen molar-refractivity contribution in [2.75, 3.05) is 13.7 Å². The van der Waals surface area contributed by atoms with Crippen molar-refractivity contribution in [3.8, 4) is 0 Å². The van der Waals surface area contributed by atoms with Gasteiger partial charge in [-0.15, -0.1) is 0 Å². The summed E-state index contributed by atoms with van der Waals surface area (Å²) >= 11 is 0. The summed E-state index contributed by atoms with van der Waals surface area (Å²) in [6, 6.07) is 43.0. The van der Waals surface area contributed by atoms with Crippen LogP contribution in [0.5, 0.6) is 0 Å². The van der Waals surface area contributed by atoms with Crippen LogP contribution in [0.4, 0.5) is 0 Å². The van der Waals surface area contributed by atoms with Gasteiger partial charge in [0.25, 0.3) is 0 Å². The molecule has 1 fully saturated rings. The molecule has 1 saturated heterocycles. The van der Waals surface area contributed by atoms with Crippen molar-refractivity contribution in [2.45, 2.75) is 42.7 Å². The molecule has 1 heterocycles. The van der Waals surface area contributed by atoms with Gasteiger partial charge in [0, 0.05) is 7.11 Å². The largest absolute Gasteiger partial charge is 0.456 e. The van der Waals surface area contributed by atoms with E-state index in [1.54, 1.807) is 0 Å². The number of hydrogen-bond donors (Lipinski definition) is 2. The van der Waals surface area contributed by atoms with Gasteiger partial charge in [-0.2, -0.15) is 0 Å². The molecule has 2 N–H and O–H groups in total. The molecule has 0 amide bonds. The van der Waals surface area contributed by atoms with Crippen molar-refractivity contribution in [2.24, 2.45) is 0 Å². The Morgan fingerprint density at radius 3 is 1.82 bits per heavy atom. The molecule has 5 aromatic rings. The van der Waals surface area contributed by atoms with Crippen LogP contribution >= 0.6 is 0 Å². The Morgan fingerprint density at radius 1 is 0.711 bits per heavy atom. The highest BCUT2D eigenvalue weighted by Crippen LogP contribution is 2.41.